The van der Waals surface area contributed by atoms with Gasteiger partial charge in [-0.15, -0.1) is 0 Å². The van der Waals surface area contributed by atoms with Crippen LogP contribution in [0.25, 0.3) is 0 Å². The number of aryl methyl sites for hydroxylation is 3. The maximum absolute atomic E-state index is 12.3. The lowest BCUT2D eigenvalue weighted by molar-refractivity contribution is -0.121. The Hall–Kier alpha value is -2.48. The molecule has 0 spiro atoms. The molecule has 1 aliphatic heterocycles. The molecule has 27 heavy (non-hydrogen) atoms. The number of hydrogen-bond donors (Lipinski definition) is 1. The van der Waals surface area contributed by atoms with Gasteiger partial charge in [0.25, 0.3) is 0 Å². The van der Waals surface area contributed by atoms with E-state index in [0.29, 0.717) is 12.2 Å². The van der Waals surface area contributed by atoms with Gasteiger partial charge in [0.15, 0.2) is 0 Å². The minimum atomic E-state index is -0.396. The fraction of sp³-hybridized carbons (Fsp3) is 0.579. The normalized spacial score (nSPS) is 14.6. The van der Waals surface area contributed by atoms with Crippen molar-refractivity contribution in [3.8, 4) is 0 Å². The Morgan fingerprint density at radius 2 is 2.07 bits per heavy atom. The maximum Gasteiger partial charge on any atom is 0.348 e. The number of amides is 1. The van der Waals surface area contributed by atoms with Gasteiger partial charge in [0.2, 0.25) is 5.91 Å². The van der Waals surface area contributed by atoms with E-state index in [1.165, 1.54) is 10.3 Å². The van der Waals surface area contributed by atoms with Crippen LogP contribution in [-0.2, 0) is 31.0 Å². The number of nitrogens with one attached hydrogen (secondary N) is 1. The van der Waals surface area contributed by atoms with Crippen molar-refractivity contribution in [2.45, 2.75) is 59.8 Å². The Bertz CT molecular complexity index is 870. The smallest absolute Gasteiger partial charge is 0.348 e. The van der Waals surface area contributed by atoms with Crippen LogP contribution in [0.1, 0.15) is 42.5 Å². The highest BCUT2D eigenvalue weighted by atomic mass is 16.2. The van der Waals surface area contributed by atoms with E-state index in [1.54, 1.807) is 19.9 Å². The maximum atomic E-state index is 12.3. The number of rotatable bonds is 6. The SMILES string of the molecule is CCCN1CCCn2nc(CNC(=O)Cn3c(C)cc(C)nc3=O)cc2C1. The number of nitrogens with zero attached hydrogens (tertiary/aromatic N) is 5. The lowest BCUT2D eigenvalue weighted by atomic mass is 10.3. The fourth-order valence-electron chi connectivity index (χ4n) is 3.54. The molecule has 0 bridgehead atoms. The molecule has 0 aliphatic carbocycles. The largest absolute Gasteiger partial charge is 0.349 e. The molecule has 0 fully saturated rings. The Morgan fingerprint density at radius 1 is 1.26 bits per heavy atom. The van der Waals surface area contributed by atoms with E-state index in [9.17, 15) is 9.59 Å². The zero-order chi connectivity index (χ0) is 19.4. The van der Waals surface area contributed by atoms with Crippen molar-refractivity contribution in [3.05, 3.63) is 45.4 Å². The second-order valence-electron chi connectivity index (χ2n) is 7.16. The summed E-state index contributed by atoms with van der Waals surface area (Å²) in [6.07, 6.45) is 2.23. The number of fused-ring (bicyclic) bond motifs is 1. The van der Waals surface area contributed by atoms with Crippen LogP contribution in [0.4, 0.5) is 0 Å². The van der Waals surface area contributed by atoms with E-state index in [1.807, 2.05) is 0 Å². The van der Waals surface area contributed by atoms with Gasteiger partial charge in [-0.05, 0) is 45.4 Å². The highest BCUT2D eigenvalue weighted by Gasteiger charge is 2.16. The molecular formula is C19H28N6O2. The van der Waals surface area contributed by atoms with Crippen LogP contribution in [0.5, 0.6) is 0 Å². The van der Waals surface area contributed by atoms with Gasteiger partial charge in [-0.25, -0.2) is 4.79 Å². The zero-order valence-electron chi connectivity index (χ0n) is 16.4. The quantitative estimate of drug-likeness (QED) is 0.817. The lowest BCUT2D eigenvalue weighted by Crippen LogP contribution is -2.34. The molecule has 8 heteroatoms. The molecule has 0 aromatic carbocycles. The summed E-state index contributed by atoms with van der Waals surface area (Å²) in [7, 11) is 0. The van der Waals surface area contributed by atoms with Crippen molar-refractivity contribution in [2.24, 2.45) is 0 Å². The van der Waals surface area contributed by atoms with Gasteiger partial charge in [-0.2, -0.15) is 10.1 Å². The molecule has 0 saturated heterocycles. The number of carbonyl (C=O) groups excluding carboxylic acids is 1. The van der Waals surface area contributed by atoms with E-state index in [4.69, 9.17) is 0 Å². The van der Waals surface area contributed by atoms with Crippen LogP contribution in [-0.4, -0.2) is 43.2 Å². The fourth-order valence-corrected chi connectivity index (χ4v) is 3.54. The van der Waals surface area contributed by atoms with E-state index < -0.39 is 5.69 Å². The Morgan fingerprint density at radius 3 is 2.81 bits per heavy atom. The topological polar surface area (TPSA) is 85.1 Å². The summed E-state index contributed by atoms with van der Waals surface area (Å²) in [4.78, 5) is 30.6. The minimum Gasteiger partial charge on any atom is -0.349 e. The van der Waals surface area contributed by atoms with Crippen LogP contribution in [0, 0.1) is 13.8 Å². The molecule has 1 aliphatic rings. The van der Waals surface area contributed by atoms with Crippen LogP contribution in [0.3, 0.4) is 0 Å². The molecule has 146 valence electrons. The van der Waals surface area contributed by atoms with Gasteiger partial charge in [0, 0.05) is 31.0 Å². The third-order valence-corrected chi connectivity index (χ3v) is 4.80. The van der Waals surface area contributed by atoms with Crippen molar-refractivity contribution in [3.63, 3.8) is 0 Å². The first-order valence-corrected chi connectivity index (χ1v) is 9.56. The summed E-state index contributed by atoms with van der Waals surface area (Å²) in [5.41, 5.74) is 3.04. The van der Waals surface area contributed by atoms with Gasteiger partial charge in [-0.3, -0.25) is 18.9 Å². The summed E-state index contributed by atoms with van der Waals surface area (Å²) < 4.78 is 3.43. The molecule has 2 aromatic rings. The second kappa shape index (κ2) is 8.47. The number of hydrogen-bond acceptors (Lipinski definition) is 5. The van der Waals surface area contributed by atoms with Crippen molar-refractivity contribution in [2.75, 3.05) is 13.1 Å². The summed E-state index contributed by atoms with van der Waals surface area (Å²) in [6, 6.07) is 3.86. The minimum absolute atomic E-state index is 0.0320. The van der Waals surface area contributed by atoms with E-state index in [-0.39, 0.29) is 12.5 Å². The second-order valence-corrected chi connectivity index (χ2v) is 7.16. The molecule has 0 radical (unpaired) electrons. The molecule has 3 rings (SSSR count). The lowest BCUT2D eigenvalue weighted by Gasteiger charge is -2.17. The molecule has 1 N–H and O–H groups in total. The van der Waals surface area contributed by atoms with Crippen LogP contribution in [0.15, 0.2) is 16.9 Å². The van der Waals surface area contributed by atoms with Gasteiger partial charge in [-0.1, -0.05) is 6.92 Å². The summed E-state index contributed by atoms with van der Waals surface area (Å²) >= 11 is 0. The van der Waals surface area contributed by atoms with Crippen molar-refractivity contribution in [1.29, 1.82) is 0 Å². The first-order chi connectivity index (χ1) is 13.0. The standard InChI is InChI=1S/C19H28N6O2/c1-4-6-23-7-5-8-25-17(12-23)10-16(22-25)11-20-18(26)13-24-15(3)9-14(2)21-19(24)27/h9-10H,4-8,11-13H2,1-3H3,(H,20,26). The third kappa shape index (κ3) is 4.82. The highest BCUT2D eigenvalue weighted by molar-refractivity contribution is 5.75. The van der Waals surface area contributed by atoms with E-state index in [2.05, 4.69) is 38.0 Å². The molecule has 1 amide bonds. The van der Waals surface area contributed by atoms with Crippen LogP contribution < -0.4 is 11.0 Å². The van der Waals surface area contributed by atoms with Crippen molar-refractivity contribution >= 4 is 5.91 Å². The van der Waals surface area contributed by atoms with Crippen molar-refractivity contribution in [1.82, 2.24) is 29.5 Å². The molecular weight excluding hydrogens is 344 g/mol. The third-order valence-electron chi connectivity index (χ3n) is 4.80. The summed E-state index contributed by atoms with van der Waals surface area (Å²) in [5, 5.41) is 7.49. The number of aromatic nitrogens is 4. The average molecular weight is 372 g/mol. The zero-order valence-corrected chi connectivity index (χ0v) is 16.4. The Kier molecular flexibility index (Phi) is 6.05. The van der Waals surface area contributed by atoms with Gasteiger partial charge in [0.1, 0.15) is 6.54 Å². The molecule has 8 nitrogen and oxygen atoms in total. The van der Waals surface area contributed by atoms with E-state index >= 15 is 0 Å². The average Bonchev–Trinajstić information content (AvgIpc) is 2.88. The Balaban J connectivity index is 1.60. The monoisotopic (exact) mass is 372 g/mol. The molecule has 0 saturated carbocycles. The van der Waals surface area contributed by atoms with E-state index in [0.717, 1.165) is 50.4 Å². The van der Waals surface area contributed by atoms with Crippen LogP contribution in [0.2, 0.25) is 0 Å². The molecule has 2 aromatic heterocycles. The van der Waals surface area contributed by atoms with Crippen molar-refractivity contribution < 1.29 is 4.79 Å². The number of carbonyl (C=O) groups is 1. The Labute approximate surface area is 159 Å². The first kappa shape index (κ1) is 19.3. The molecule has 0 atom stereocenters. The predicted octanol–water partition coefficient (Wildman–Crippen LogP) is 0.989. The van der Waals surface area contributed by atoms with Gasteiger partial charge < -0.3 is 5.32 Å². The summed E-state index contributed by atoms with van der Waals surface area (Å²) in [5.74, 6) is -0.221. The van der Waals surface area contributed by atoms with Gasteiger partial charge in [0.05, 0.1) is 17.9 Å². The molecule has 0 unspecified atom stereocenters. The predicted molar refractivity (Wildman–Crippen MR) is 102 cm³/mol. The van der Waals surface area contributed by atoms with Gasteiger partial charge >= 0.3 is 5.69 Å². The summed E-state index contributed by atoms with van der Waals surface area (Å²) in [6.45, 7) is 10.1. The van der Waals surface area contributed by atoms with Crippen LogP contribution >= 0.6 is 0 Å². The highest BCUT2D eigenvalue weighted by Crippen LogP contribution is 2.14. The molecule has 3 heterocycles. The first-order valence-electron chi connectivity index (χ1n) is 9.56.